The van der Waals surface area contributed by atoms with Crippen LogP contribution in [0.5, 0.6) is 5.75 Å². The quantitative estimate of drug-likeness (QED) is 0.445. The average molecular weight is 458 g/mol. The molecule has 0 atom stereocenters. The van der Waals surface area contributed by atoms with Gasteiger partial charge in [0, 0.05) is 11.9 Å². The summed E-state index contributed by atoms with van der Waals surface area (Å²) >= 11 is 1.18. The Morgan fingerprint density at radius 3 is 2.84 bits per heavy atom. The van der Waals surface area contributed by atoms with Gasteiger partial charge >= 0.3 is 5.91 Å². The summed E-state index contributed by atoms with van der Waals surface area (Å²) in [5.41, 5.74) is 1.20. The summed E-state index contributed by atoms with van der Waals surface area (Å²) in [4.78, 5) is 17.5. The number of rotatable bonds is 6. The number of nitrogens with two attached hydrogens (primary N) is 1. The van der Waals surface area contributed by atoms with Crippen molar-refractivity contribution < 1.29 is 22.4 Å². The predicted molar refractivity (Wildman–Crippen MR) is 119 cm³/mol. The third-order valence-corrected chi connectivity index (χ3v) is 6.46. The van der Waals surface area contributed by atoms with Crippen LogP contribution < -0.4 is 14.7 Å². The fourth-order valence-corrected chi connectivity index (χ4v) is 4.87. The molecule has 0 radical (unpaired) electrons. The molecule has 0 aliphatic heterocycles. The van der Waals surface area contributed by atoms with Crippen LogP contribution in [0.2, 0.25) is 0 Å². The molecule has 2 heterocycles. The van der Waals surface area contributed by atoms with Gasteiger partial charge in [0.05, 0.1) is 21.7 Å². The summed E-state index contributed by atoms with van der Waals surface area (Å²) in [6.45, 7) is 6.46. The molecule has 10 heteroatoms. The zero-order valence-electron chi connectivity index (χ0n) is 16.6. The van der Waals surface area contributed by atoms with E-state index in [1.165, 1.54) is 23.5 Å². The highest BCUT2D eigenvalue weighted by atomic mass is 32.2. The van der Waals surface area contributed by atoms with Crippen molar-refractivity contribution in [2.75, 3.05) is 6.61 Å². The lowest BCUT2D eigenvalue weighted by molar-refractivity contribution is 0.0973. The normalized spacial score (nSPS) is 12.5. The Morgan fingerprint density at radius 2 is 2.13 bits per heavy atom. The van der Waals surface area contributed by atoms with Crippen molar-refractivity contribution >= 4 is 48.5 Å². The largest absolute Gasteiger partial charge is 0.490 e. The lowest BCUT2D eigenvalue weighted by Gasteiger charge is -2.02. The number of sulfonamides is 1. The van der Waals surface area contributed by atoms with E-state index in [1.54, 1.807) is 28.8 Å². The zero-order chi connectivity index (χ0) is 22.2. The maximum absolute atomic E-state index is 12.9. The number of aromatic nitrogens is 1. The summed E-state index contributed by atoms with van der Waals surface area (Å²) in [5.74, 6) is 0.0721. The molecule has 8 nitrogen and oxygen atoms in total. The monoisotopic (exact) mass is 457 g/mol. The number of thiazole rings is 1. The minimum atomic E-state index is -3.85. The number of carbonyl (C=O) groups excluding carboxylic acids is 1. The third kappa shape index (κ3) is 4.05. The second-order valence-corrected chi connectivity index (χ2v) is 9.16. The highest BCUT2D eigenvalue weighted by Crippen LogP contribution is 2.29. The van der Waals surface area contributed by atoms with Crippen molar-refractivity contribution in [2.24, 2.45) is 10.1 Å². The van der Waals surface area contributed by atoms with E-state index in [9.17, 15) is 13.2 Å². The van der Waals surface area contributed by atoms with Gasteiger partial charge < -0.3 is 13.7 Å². The number of para-hydroxylation sites is 1. The molecule has 0 bridgehead atoms. The van der Waals surface area contributed by atoms with E-state index in [0.29, 0.717) is 39.5 Å². The van der Waals surface area contributed by atoms with E-state index in [4.69, 9.17) is 14.3 Å². The van der Waals surface area contributed by atoms with Crippen molar-refractivity contribution in [2.45, 2.75) is 18.4 Å². The van der Waals surface area contributed by atoms with Crippen LogP contribution in [0.1, 0.15) is 17.5 Å². The van der Waals surface area contributed by atoms with E-state index in [-0.39, 0.29) is 10.7 Å². The Morgan fingerprint density at radius 1 is 1.32 bits per heavy atom. The molecule has 2 aromatic carbocycles. The maximum Gasteiger partial charge on any atom is 0.315 e. The van der Waals surface area contributed by atoms with E-state index in [1.807, 2.05) is 19.1 Å². The average Bonchev–Trinajstić information content (AvgIpc) is 3.30. The van der Waals surface area contributed by atoms with Gasteiger partial charge in [-0.15, -0.1) is 6.58 Å². The number of benzene rings is 2. The molecule has 31 heavy (non-hydrogen) atoms. The lowest BCUT2D eigenvalue weighted by Crippen LogP contribution is -2.16. The number of allylic oxidation sites excluding steroid dienone is 1. The van der Waals surface area contributed by atoms with E-state index < -0.39 is 15.9 Å². The van der Waals surface area contributed by atoms with Crippen molar-refractivity contribution in [1.82, 2.24) is 4.57 Å². The van der Waals surface area contributed by atoms with E-state index in [0.717, 1.165) is 5.39 Å². The van der Waals surface area contributed by atoms with Gasteiger partial charge in [-0.25, -0.2) is 13.6 Å². The first-order chi connectivity index (χ1) is 14.8. The summed E-state index contributed by atoms with van der Waals surface area (Å²) in [5, 5.41) is 5.97. The number of ether oxygens (including phenoxy) is 1. The Labute approximate surface area is 181 Å². The molecule has 2 N–H and O–H groups in total. The molecular formula is C21H19N3O5S2. The van der Waals surface area contributed by atoms with Crippen LogP contribution in [0.25, 0.3) is 21.2 Å². The second kappa shape index (κ2) is 8.14. The molecule has 0 unspecified atom stereocenters. The number of carbonyl (C=O) groups is 1. The molecular weight excluding hydrogens is 438 g/mol. The second-order valence-electron chi connectivity index (χ2n) is 6.59. The van der Waals surface area contributed by atoms with Gasteiger partial charge in [-0.1, -0.05) is 29.5 Å². The first kappa shape index (κ1) is 21.0. The van der Waals surface area contributed by atoms with Gasteiger partial charge in [-0.3, -0.25) is 4.79 Å². The van der Waals surface area contributed by atoms with Crippen molar-refractivity contribution in [1.29, 1.82) is 0 Å². The Hall–Kier alpha value is -3.21. The van der Waals surface area contributed by atoms with E-state index >= 15 is 0 Å². The maximum atomic E-state index is 12.9. The number of amides is 1. The van der Waals surface area contributed by atoms with Gasteiger partial charge in [0.25, 0.3) is 0 Å². The molecule has 160 valence electrons. The minimum absolute atomic E-state index is 0.00869. The SMILES string of the molecule is C=CCn1c(=NC(=O)c2cc3cccc(OCC)c3o2)sc2cc(S(N)(=O)=O)ccc21. The third-order valence-electron chi connectivity index (χ3n) is 4.51. The first-order valence-electron chi connectivity index (χ1n) is 9.33. The minimum Gasteiger partial charge on any atom is -0.490 e. The molecule has 0 spiro atoms. The Kier molecular flexibility index (Phi) is 5.52. The van der Waals surface area contributed by atoms with Crippen LogP contribution in [0.4, 0.5) is 0 Å². The summed E-state index contributed by atoms with van der Waals surface area (Å²) in [6.07, 6.45) is 1.67. The van der Waals surface area contributed by atoms with Gasteiger partial charge in [-0.2, -0.15) is 4.99 Å². The number of furan rings is 1. The van der Waals surface area contributed by atoms with Crippen LogP contribution in [-0.2, 0) is 16.6 Å². The standard InChI is InChI=1S/C21H19N3O5S2/c1-3-10-24-15-9-8-14(31(22,26)27)12-18(15)30-21(24)23-20(25)17-11-13-6-5-7-16(28-4-2)19(13)29-17/h3,5-9,11-12H,1,4,10H2,2H3,(H2,22,26,27). The Balaban J connectivity index is 1.83. The van der Waals surface area contributed by atoms with Gasteiger partial charge in [0.2, 0.25) is 10.0 Å². The number of nitrogens with zero attached hydrogens (tertiary/aromatic N) is 2. The number of fused-ring (bicyclic) bond motifs is 2. The highest BCUT2D eigenvalue weighted by Gasteiger charge is 2.16. The van der Waals surface area contributed by atoms with Gasteiger partial charge in [0.1, 0.15) is 0 Å². The predicted octanol–water partition coefficient (Wildman–Crippen LogP) is 3.42. The molecule has 4 aromatic rings. The molecule has 0 aliphatic carbocycles. The number of hydrogen-bond acceptors (Lipinski definition) is 6. The molecule has 0 saturated carbocycles. The fraction of sp³-hybridized carbons (Fsp3) is 0.143. The van der Waals surface area contributed by atoms with Crippen LogP contribution in [0, 0.1) is 0 Å². The van der Waals surface area contributed by atoms with Gasteiger partial charge in [-0.05, 0) is 37.3 Å². The van der Waals surface area contributed by atoms with Crippen molar-refractivity contribution in [3.05, 3.63) is 65.7 Å². The number of primary sulfonamides is 1. The first-order valence-corrected chi connectivity index (χ1v) is 11.7. The lowest BCUT2D eigenvalue weighted by atomic mass is 10.2. The highest BCUT2D eigenvalue weighted by molar-refractivity contribution is 7.89. The van der Waals surface area contributed by atoms with Crippen molar-refractivity contribution in [3.63, 3.8) is 0 Å². The Bertz CT molecular complexity index is 1490. The van der Waals surface area contributed by atoms with E-state index in [2.05, 4.69) is 11.6 Å². The molecule has 0 saturated heterocycles. The summed E-state index contributed by atoms with van der Waals surface area (Å²) in [6, 6.07) is 11.6. The van der Waals surface area contributed by atoms with Crippen LogP contribution >= 0.6 is 11.3 Å². The summed E-state index contributed by atoms with van der Waals surface area (Å²) in [7, 11) is -3.85. The molecule has 4 rings (SSSR count). The topological polar surface area (TPSA) is 117 Å². The van der Waals surface area contributed by atoms with Crippen LogP contribution in [0.15, 0.2) is 69.4 Å². The van der Waals surface area contributed by atoms with Crippen LogP contribution in [0.3, 0.4) is 0 Å². The summed E-state index contributed by atoms with van der Waals surface area (Å²) < 4.78 is 37.0. The molecule has 0 fully saturated rings. The molecule has 2 aromatic heterocycles. The zero-order valence-corrected chi connectivity index (χ0v) is 18.2. The van der Waals surface area contributed by atoms with Crippen LogP contribution in [-0.4, -0.2) is 25.5 Å². The van der Waals surface area contributed by atoms with Gasteiger partial charge in [0.15, 0.2) is 21.9 Å². The molecule has 1 amide bonds. The molecule has 0 aliphatic rings. The van der Waals surface area contributed by atoms with Crippen molar-refractivity contribution in [3.8, 4) is 5.75 Å². The number of hydrogen-bond donors (Lipinski definition) is 1. The smallest absolute Gasteiger partial charge is 0.315 e. The fourth-order valence-electron chi connectivity index (χ4n) is 3.17.